The Kier molecular flexibility index (Phi) is 3.89. The third-order valence-electron chi connectivity index (χ3n) is 3.76. The Morgan fingerprint density at radius 1 is 1.55 bits per heavy atom. The molecule has 20 heavy (non-hydrogen) atoms. The summed E-state index contributed by atoms with van der Waals surface area (Å²) in [6, 6.07) is 4.35. The van der Waals surface area contributed by atoms with Crippen LogP contribution in [0.4, 0.5) is 11.4 Å². The Morgan fingerprint density at radius 3 is 2.75 bits per heavy atom. The lowest BCUT2D eigenvalue weighted by atomic mass is 10.1. The molecule has 0 radical (unpaired) electrons. The molecule has 1 saturated heterocycles. The molecule has 1 aromatic rings. The minimum absolute atomic E-state index is 0.0143. The van der Waals surface area contributed by atoms with Gasteiger partial charge in [0.2, 0.25) is 5.91 Å². The molecule has 1 amide bonds. The molecule has 1 heterocycles. The Morgan fingerprint density at radius 2 is 2.25 bits per heavy atom. The molecule has 0 aromatic heterocycles. The van der Waals surface area contributed by atoms with Crippen LogP contribution in [-0.4, -0.2) is 30.0 Å². The van der Waals surface area contributed by atoms with E-state index in [9.17, 15) is 14.9 Å². The van der Waals surface area contributed by atoms with Crippen LogP contribution in [-0.2, 0) is 0 Å². The number of hydrogen-bond acceptors (Lipinski definition) is 5. The molecule has 1 aliphatic heterocycles. The lowest BCUT2D eigenvalue weighted by Gasteiger charge is -2.24. The van der Waals surface area contributed by atoms with Crippen molar-refractivity contribution in [3.63, 3.8) is 0 Å². The van der Waals surface area contributed by atoms with Gasteiger partial charge in [0.1, 0.15) is 5.69 Å². The summed E-state index contributed by atoms with van der Waals surface area (Å²) in [4.78, 5) is 23.9. The number of carbonyl (C=O) groups is 1. The molecule has 2 unspecified atom stereocenters. The fourth-order valence-electron chi connectivity index (χ4n) is 2.71. The van der Waals surface area contributed by atoms with E-state index < -0.39 is 10.8 Å². The van der Waals surface area contributed by atoms with Gasteiger partial charge in [0.25, 0.3) is 5.69 Å². The number of primary amides is 1. The van der Waals surface area contributed by atoms with Gasteiger partial charge in [0, 0.05) is 24.2 Å². The molecule has 7 heteroatoms. The monoisotopic (exact) mass is 278 g/mol. The van der Waals surface area contributed by atoms with E-state index in [-0.39, 0.29) is 17.3 Å². The zero-order valence-electron chi connectivity index (χ0n) is 11.3. The summed E-state index contributed by atoms with van der Waals surface area (Å²) in [5.74, 6) is -0.287. The maximum Gasteiger partial charge on any atom is 0.292 e. The Bertz CT molecular complexity index is 546. The first-order valence-corrected chi connectivity index (χ1v) is 6.49. The summed E-state index contributed by atoms with van der Waals surface area (Å²) in [6.45, 7) is 3.20. The third-order valence-corrected chi connectivity index (χ3v) is 3.76. The number of amides is 1. The van der Waals surface area contributed by atoms with Crippen molar-refractivity contribution in [1.29, 1.82) is 0 Å². The van der Waals surface area contributed by atoms with Crippen molar-refractivity contribution in [3.8, 4) is 0 Å². The topological polar surface area (TPSA) is 115 Å². The van der Waals surface area contributed by atoms with E-state index in [0.717, 1.165) is 6.42 Å². The number of rotatable bonds is 4. The molecular weight excluding hydrogens is 260 g/mol. The van der Waals surface area contributed by atoms with Gasteiger partial charge in [-0.2, -0.15) is 0 Å². The molecule has 0 spiro atoms. The number of nitro benzene ring substituents is 1. The second kappa shape index (κ2) is 5.46. The van der Waals surface area contributed by atoms with Gasteiger partial charge in [-0.25, -0.2) is 0 Å². The van der Waals surface area contributed by atoms with Crippen molar-refractivity contribution in [3.05, 3.63) is 33.9 Å². The molecule has 1 aliphatic rings. The maximum absolute atomic E-state index is 11.3. The second-order valence-corrected chi connectivity index (χ2v) is 5.16. The smallest absolute Gasteiger partial charge is 0.292 e. The van der Waals surface area contributed by atoms with Crippen molar-refractivity contribution in [2.75, 3.05) is 18.0 Å². The highest BCUT2D eigenvalue weighted by molar-refractivity contribution is 5.94. The molecular formula is C13H18N4O3. The van der Waals surface area contributed by atoms with Gasteiger partial charge >= 0.3 is 0 Å². The van der Waals surface area contributed by atoms with Crippen molar-refractivity contribution < 1.29 is 9.72 Å². The van der Waals surface area contributed by atoms with Gasteiger partial charge < -0.3 is 16.4 Å². The highest BCUT2D eigenvalue weighted by atomic mass is 16.6. The molecule has 7 nitrogen and oxygen atoms in total. The molecule has 2 atom stereocenters. The first kappa shape index (κ1) is 14.3. The van der Waals surface area contributed by atoms with Crippen LogP contribution in [0.2, 0.25) is 0 Å². The van der Waals surface area contributed by atoms with Gasteiger partial charge in [-0.1, -0.05) is 0 Å². The van der Waals surface area contributed by atoms with Crippen LogP contribution < -0.4 is 16.4 Å². The normalized spacial score (nSPS) is 22.0. The van der Waals surface area contributed by atoms with Crippen LogP contribution in [0.25, 0.3) is 0 Å². The van der Waals surface area contributed by atoms with Crippen LogP contribution in [0.1, 0.15) is 23.7 Å². The zero-order chi connectivity index (χ0) is 14.9. The van der Waals surface area contributed by atoms with Crippen molar-refractivity contribution in [1.82, 2.24) is 0 Å². The van der Waals surface area contributed by atoms with Crippen molar-refractivity contribution in [2.45, 2.75) is 19.4 Å². The van der Waals surface area contributed by atoms with Gasteiger partial charge in [-0.15, -0.1) is 0 Å². The SMILES string of the molecule is CC1CC(CN)CN1c1cc(C(N)=O)ccc1[N+](=O)[O-]. The summed E-state index contributed by atoms with van der Waals surface area (Å²) < 4.78 is 0. The summed E-state index contributed by atoms with van der Waals surface area (Å²) in [5, 5.41) is 11.2. The van der Waals surface area contributed by atoms with E-state index in [1.807, 2.05) is 11.8 Å². The Hall–Kier alpha value is -2.15. The van der Waals surface area contributed by atoms with E-state index in [4.69, 9.17) is 11.5 Å². The summed E-state index contributed by atoms with van der Waals surface area (Å²) in [5.41, 5.74) is 11.6. The average molecular weight is 278 g/mol. The summed E-state index contributed by atoms with van der Waals surface area (Å²) in [6.07, 6.45) is 0.883. The fourth-order valence-corrected chi connectivity index (χ4v) is 2.71. The van der Waals surface area contributed by atoms with Crippen molar-refractivity contribution in [2.24, 2.45) is 17.4 Å². The predicted octanol–water partition coefficient (Wildman–Crippen LogP) is 0.867. The van der Waals surface area contributed by atoms with Crippen molar-refractivity contribution >= 4 is 17.3 Å². The number of hydrogen-bond donors (Lipinski definition) is 2. The van der Waals surface area contributed by atoms with E-state index in [0.29, 0.717) is 24.7 Å². The molecule has 2 rings (SSSR count). The standard InChI is InChI=1S/C13H18N4O3/c1-8-4-9(6-14)7-16(8)12-5-10(13(15)18)2-3-11(12)17(19)20/h2-3,5,8-9H,4,6-7,14H2,1H3,(H2,15,18). The van der Waals surface area contributed by atoms with Crippen LogP contribution in [0, 0.1) is 16.0 Å². The quantitative estimate of drug-likeness (QED) is 0.626. The van der Waals surface area contributed by atoms with Gasteiger partial charge in [-0.05, 0) is 37.9 Å². The van der Waals surface area contributed by atoms with Crippen LogP contribution in [0.15, 0.2) is 18.2 Å². The number of anilines is 1. The molecule has 1 fully saturated rings. The van der Waals surface area contributed by atoms with Gasteiger partial charge in [0.15, 0.2) is 0 Å². The molecule has 1 aromatic carbocycles. The highest BCUT2D eigenvalue weighted by Crippen LogP contribution is 2.35. The van der Waals surface area contributed by atoms with E-state index in [1.54, 1.807) is 0 Å². The van der Waals surface area contributed by atoms with Gasteiger partial charge in [0.05, 0.1) is 4.92 Å². The Balaban J connectivity index is 2.45. The second-order valence-electron chi connectivity index (χ2n) is 5.16. The summed E-state index contributed by atoms with van der Waals surface area (Å²) in [7, 11) is 0. The van der Waals surface area contributed by atoms with Crippen LogP contribution in [0.5, 0.6) is 0 Å². The molecule has 108 valence electrons. The molecule has 0 bridgehead atoms. The third kappa shape index (κ3) is 2.57. The first-order valence-electron chi connectivity index (χ1n) is 6.49. The van der Waals surface area contributed by atoms with Crippen LogP contribution >= 0.6 is 0 Å². The summed E-state index contributed by atoms with van der Waals surface area (Å²) >= 11 is 0. The number of nitrogens with two attached hydrogens (primary N) is 2. The van der Waals surface area contributed by atoms with Crippen LogP contribution in [0.3, 0.4) is 0 Å². The molecule has 0 saturated carbocycles. The minimum atomic E-state index is -0.594. The largest absolute Gasteiger partial charge is 0.366 e. The average Bonchev–Trinajstić information content (AvgIpc) is 2.79. The first-order chi connectivity index (χ1) is 9.43. The van der Waals surface area contributed by atoms with E-state index in [2.05, 4.69) is 0 Å². The maximum atomic E-state index is 11.3. The molecule has 0 aliphatic carbocycles. The predicted molar refractivity (Wildman–Crippen MR) is 75.6 cm³/mol. The number of carbonyl (C=O) groups excluding carboxylic acids is 1. The number of nitro groups is 1. The number of nitrogens with zero attached hydrogens (tertiary/aromatic N) is 2. The number of benzene rings is 1. The zero-order valence-corrected chi connectivity index (χ0v) is 11.3. The van der Waals surface area contributed by atoms with Gasteiger partial charge in [-0.3, -0.25) is 14.9 Å². The lowest BCUT2D eigenvalue weighted by molar-refractivity contribution is -0.384. The van der Waals surface area contributed by atoms with E-state index in [1.165, 1.54) is 18.2 Å². The molecule has 4 N–H and O–H groups in total. The fraction of sp³-hybridized carbons (Fsp3) is 0.462. The van der Waals surface area contributed by atoms with E-state index >= 15 is 0 Å². The lowest BCUT2D eigenvalue weighted by Crippen LogP contribution is -2.28. The highest BCUT2D eigenvalue weighted by Gasteiger charge is 2.32. The Labute approximate surface area is 116 Å². The minimum Gasteiger partial charge on any atom is -0.366 e.